The quantitative estimate of drug-likeness (QED) is 0.761. The van der Waals surface area contributed by atoms with Crippen molar-refractivity contribution in [3.8, 4) is 0 Å². The molecule has 0 amide bonds. The summed E-state index contributed by atoms with van der Waals surface area (Å²) in [6.07, 6.45) is 10.0. The van der Waals surface area contributed by atoms with Crippen molar-refractivity contribution in [2.45, 2.75) is 40.5 Å². The molecule has 2 aromatic rings. The summed E-state index contributed by atoms with van der Waals surface area (Å²) in [4.78, 5) is 8.75. The third-order valence-electron chi connectivity index (χ3n) is 4.96. The van der Waals surface area contributed by atoms with Gasteiger partial charge in [-0.15, -0.1) is 0 Å². The van der Waals surface area contributed by atoms with Crippen LogP contribution in [-0.2, 0) is 0 Å². The zero-order chi connectivity index (χ0) is 19.4. The predicted octanol–water partition coefficient (Wildman–Crippen LogP) is 4.64. The van der Waals surface area contributed by atoms with E-state index in [4.69, 9.17) is 5.73 Å². The number of hydrogen-bond donors (Lipinski definition) is 2. The summed E-state index contributed by atoms with van der Waals surface area (Å²) >= 11 is 0. The number of aromatic nitrogens is 2. The lowest BCUT2D eigenvalue weighted by Crippen LogP contribution is -2.02. The van der Waals surface area contributed by atoms with E-state index in [1.54, 1.807) is 12.3 Å². The van der Waals surface area contributed by atoms with Crippen molar-refractivity contribution in [1.82, 2.24) is 15.4 Å². The predicted molar refractivity (Wildman–Crippen MR) is 114 cm³/mol. The molecule has 1 aliphatic rings. The van der Waals surface area contributed by atoms with Crippen LogP contribution in [0.4, 0.5) is 5.82 Å². The maximum atomic E-state index is 5.76. The Morgan fingerprint density at radius 2 is 2.04 bits per heavy atom. The highest BCUT2D eigenvalue weighted by Gasteiger charge is 2.14. The highest BCUT2D eigenvalue weighted by Crippen LogP contribution is 2.28. The molecule has 5 nitrogen and oxygen atoms in total. The molecular weight excluding hydrogens is 334 g/mol. The van der Waals surface area contributed by atoms with Crippen LogP contribution >= 0.6 is 0 Å². The number of allylic oxidation sites excluding steroid dienone is 6. The van der Waals surface area contributed by atoms with Crippen LogP contribution in [0.1, 0.15) is 46.1 Å². The van der Waals surface area contributed by atoms with Crippen LogP contribution in [0.5, 0.6) is 0 Å². The molecule has 0 radical (unpaired) electrons. The molecule has 0 atom stereocenters. The largest absolute Gasteiger partial charge is 0.384 e. The molecule has 0 bridgehead atoms. The van der Waals surface area contributed by atoms with Gasteiger partial charge in [-0.2, -0.15) is 5.10 Å². The number of nitrogens with zero attached hydrogens (tertiary/aromatic N) is 3. The van der Waals surface area contributed by atoms with Gasteiger partial charge >= 0.3 is 0 Å². The van der Waals surface area contributed by atoms with Gasteiger partial charge in [0.25, 0.3) is 0 Å². The zero-order valence-corrected chi connectivity index (χ0v) is 16.5. The Morgan fingerprint density at radius 1 is 1.22 bits per heavy atom. The Hall–Kier alpha value is -2.95. The molecule has 0 aromatic carbocycles. The van der Waals surface area contributed by atoms with Gasteiger partial charge in [-0.25, -0.2) is 4.98 Å². The SMILES string of the molecule is C\C=C(/C(C)=C\C(C1=NNCC1)=C(/C)CC)c1cnc2cc(N)ncc2c1. The summed E-state index contributed by atoms with van der Waals surface area (Å²) in [6.45, 7) is 9.48. The summed E-state index contributed by atoms with van der Waals surface area (Å²) < 4.78 is 0. The summed E-state index contributed by atoms with van der Waals surface area (Å²) in [5.74, 6) is 0.487. The van der Waals surface area contributed by atoms with Crippen LogP contribution in [-0.4, -0.2) is 22.2 Å². The number of hydrazone groups is 1. The molecule has 0 fully saturated rings. The van der Waals surface area contributed by atoms with Crippen LogP contribution in [0.15, 0.2) is 58.5 Å². The molecule has 1 aliphatic heterocycles. The van der Waals surface area contributed by atoms with Crippen molar-refractivity contribution in [1.29, 1.82) is 0 Å². The van der Waals surface area contributed by atoms with Gasteiger partial charge in [0.05, 0.1) is 11.2 Å². The first-order valence-electron chi connectivity index (χ1n) is 9.39. The molecule has 0 spiro atoms. The lowest BCUT2D eigenvalue weighted by Gasteiger charge is -2.12. The number of rotatable bonds is 5. The van der Waals surface area contributed by atoms with Crippen molar-refractivity contribution in [3.63, 3.8) is 0 Å². The number of nitrogen functional groups attached to an aromatic ring is 1. The van der Waals surface area contributed by atoms with Gasteiger partial charge in [0.1, 0.15) is 5.82 Å². The van der Waals surface area contributed by atoms with Crippen molar-refractivity contribution in [2.75, 3.05) is 12.3 Å². The summed E-state index contributed by atoms with van der Waals surface area (Å²) in [7, 11) is 0. The lowest BCUT2D eigenvalue weighted by molar-refractivity contribution is 0.813. The topological polar surface area (TPSA) is 76.2 Å². The standard InChI is InChI=1S/C22H27N5/c1-5-14(3)19(20-7-8-26-27-20)9-15(4)18(6-2)16-10-17-13-25-22(23)11-21(17)24-12-16/h6,9-13,26H,5,7-8H2,1-4H3,(H2,23,25)/b15-9-,18-6+,19-14-. The minimum Gasteiger partial charge on any atom is -0.384 e. The second kappa shape index (κ2) is 8.16. The summed E-state index contributed by atoms with van der Waals surface area (Å²) in [5, 5.41) is 5.46. The van der Waals surface area contributed by atoms with E-state index in [1.165, 1.54) is 16.7 Å². The normalized spacial score (nSPS) is 16.2. The van der Waals surface area contributed by atoms with Crippen LogP contribution in [0, 0.1) is 0 Å². The van der Waals surface area contributed by atoms with Crippen molar-refractivity contribution in [3.05, 3.63) is 59.0 Å². The molecule has 5 heteroatoms. The minimum absolute atomic E-state index is 0.487. The fourth-order valence-electron chi connectivity index (χ4n) is 3.32. The van der Waals surface area contributed by atoms with Gasteiger partial charge in [-0.1, -0.05) is 18.6 Å². The number of anilines is 1. The number of hydrogen-bond acceptors (Lipinski definition) is 5. The van der Waals surface area contributed by atoms with E-state index < -0.39 is 0 Å². The van der Waals surface area contributed by atoms with Crippen molar-refractivity contribution >= 4 is 28.0 Å². The van der Waals surface area contributed by atoms with E-state index in [2.05, 4.69) is 66.4 Å². The molecule has 2 aromatic heterocycles. The van der Waals surface area contributed by atoms with Crippen LogP contribution < -0.4 is 11.2 Å². The van der Waals surface area contributed by atoms with E-state index in [-0.39, 0.29) is 0 Å². The number of nitrogens with two attached hydrogens (primary N) is 1. The van der Waals surface area contributed by atoms with Gasteiger partial charge in [0.2, 0.25) is 0 Å². The van der Waals surface area contributed by atoms with Gasteiger partial charge in [0.15, 0.2) is 0 Å². The third kappa shape index (κ3) is 4.08. The van der Waals surface area contributed by atoms with Gasteiger partial charge in [-0.05, 0) is 56.1 Å². The van der Waals surface area contributed by atoms with Gasteiger partial charge in [-0.3, -0.25) is 4.98 Å². The lowest BCUT2D eigenvalue weighted by atomic mass is 9.93. The summed E-state index contributed by atoms with van der Waals surface area (Å²) in [6, 6.07) is 3.92. The van der Waals surface area contributed by atoms with E-state index in [1.807, 2.05) is 6.20 Å². The highest BCUT2D eigenvalue weighted by molar-refractivity contribution is 6.04. The number of pyridine rings is 2. The second-order valence-corrected chi connectivity index (χ2v) is 6.82. The first kappa shape index (κ1) is 18.8. The molecule has 3 N–H and O–H groups in total. The molecule has 140 valence electrons. The molecule has 3 heterocycles. The van der Waals surface area contributed by atoms with Crippen LogP contribution in [0.3, 0.4) is 0 Å². The van der Waals surface area contributed by atoms with E-state index in [0.717, 1.165) is 47.1 Å². The molecule has 0 aliphatic carbocycles. The highest BCUT2D eigenvalue weighted by atomic mass is 15.3. The number of fused-ring (bicyclic) bond motifs is 1. The second-order valence-electron chi connectivity index (χ2n) is 6.82. The smallest absolute Gasteiger partial charge is 0.125 e. The first-order chi connectivity index (χ1) is 13.0. The van der Waals surface area contributed by atoms with Crippen LogP contribution in [0.2, 0.25) is 0 Å². The number of nitrogens with one attached hydrogen (secondary N) is 1. The maximum absolute atomic E-state index is 5.76. The molecule has 27 heavy (non-hydrogen) atoms. The molecule has 3 rings (SSSR count). The molecule has 0 saturated heterocycles. The Balaban J connectivity index is 2.01. The molecular formula is C22H27N5. The van der Waals surface area contributed by atoms with Crippen molar-refractivity contribution < 1.29 is 0 Å². The fourth-order valence-corrected chi connectivity index (χ4v) is 3.32. The Labute approximate surface area is 160 Å². The zero-order valence-electron chi connectivity index (χ0n) is 16.5. The van der Waals surface area contributed by atoms with E-state index >= 15 is 0 Å². The maximum Gasteiger partial charge on any atom is 0.125 e. The fraction of sp³-hybridized carbons (Fsp3) is 0.318. The van der Waals surface area contributed by atoms with Gasteiger partial charge in [0, 0.05) is 42.4 Å². The van der Waals surface area contributed by atoms with E-state index in [0.29, 0.717) is 5.82 Å². The molecule has 0 unspecified atom stereocenters. The monoisotopic (exact) mass is 361 g/mol. The molecule has 0 saturated carbocycles. The minimum atomic E-state index is 0.487. The third-order valence-corrected chi connectivity index (χ3v) is 4.96. The average Bonchev–Trinajstić information content (AvgIpc) is 3.20. The Morgan fingerprint density at radius 3 is 2.70 bits per heavy atom. The first-order valence-corrected chi connectivity index (χ1v) is 9.39. The van der Waals surface area contributed by atoms with E-state index in [9.17, 15) is 0 Å². The van der Waals surface area contributed by atoms with Crippen LogP contribution in [0.25, 0.3) is 16.5 Å². The summed E-state index contributed by atoms with van der Waals surface area (Å²) in [5.41, 5.74) is 16.9. The van der Waals surface area contributed by atoms with Gasteiger partial charge < -0.3 is 11.2 Å². The Kier molecular flexibility index (Phi) is 5.69. The van der Waals surface area contributed by atoms with Crippen molar-refractivity contribution in [2.24, 2.45) is 5.10 Å². The average molecular weight is 361 g/mol. The Bertz CT molecular complexity index is 979.